The third-order valence-corrected chi connectivity index (χ3v) is 2.86. The van der Waals surface area contributed by atoms with Gasteiger partial charge in [-0.3, -0.25) is 9.59 Å². The number of benzene rings is 1. The first-order valence-electron chi connectivity index (χ1n) is 5.79. The lowest BCUT2D eigenvalue weighted by molar-refractivity contribution is -0.115. The Balaban J connectivity index is 1.81. The maximum absolute atomic E-state index is 12.0. The summed E-state index contributed by atoms with van der Waals surface area (Å²) in [6.07, 6.45) is 0.305. The predicted molar refractivity (Wildman–Crippen MR) is 68.0 cm³/mol. The average molecular weight is 257 g/mol. The predicted octanol–water partition coefficient (Wildman–Crippen LogP) is 1.73. The van der Waals surface area contributed by atoms with Crippen molar-refractivity contribution in [2.45, 2.75) is 13.3 Å². The molecule has 2 N–H and O–H groups in total. The summed E-state index contributed by atoms with van der Waals surface area (Å²) in [7, 11) is 0. The molecule has 0 saturated carbocycles. The number of nitrogens with zero attached hydrogens (tertiary/aromatic N) is 1. The number of carbonyl (C=O) groups is 2. The minimum Gasteiger partial charge on any atom is -0.360 e. The first-order valence-corrected chi connectivity index (χ1v) is 5.79. The molecule has 6 nitrogen and oxygen atoms in total. The van der Waals surface area contributed by atoms with Crippen LogP contribution in [0.1, 0.15) is 21.7 Å². The van der Waals surface area contributed by atoms with Gasteiger partial charge in [0.05, 0.1) is 6.42 Å². The van der Waals surface area contributed by atoms with Crippen LogP contribution in [-0.2, 0) is 11.2 Å². The minimum absolute atomic E-state index is 0.0558. The van der Waals surface area contributed by atoms with Crippen LogP contribution in [0.5, 0.6) is 0 Å². The number of carbonyl (C=O) groups excluding carboxylic acids is 2. The first-order chi connectivity index (χ1) is 9.11. The molecule has 0 aliphatic carbocycles. The molecule has 0 spiro atoms. The number of nitrogens with one attached hydrogen (secondary N) is 2. The molecule has 2 amide bonds. The highest BCUT2D eigenvalue weighted by Crippen LogP contribution is 2.24. The summed E-state index contributed by atoms with van der Waals surface area (Å²) in [5.41, 5.74) is 2.07. The van der Waals surface area contributed by atoms with Gasteiger partial charge in [0.15, 0.2) is 5.82 Å². The SMILES string of the molecule is Cc1cc(NC(=O)c2ccc3c(c2)CC(=O)N3)no1. The Hall–Kier alpha value is -2.63. The van der Waals surface area contributed by atoms with Crippen LogP contribution in [0.3, 0.4) is 0 Å². The average Bonchev–Trinajstić information content (AvgIpc) is 2.93. The van der Waals surface area contributed by atoms with Crippen molar-refractivity contribution in [3.05, 3.63) is 41.2 Å². The van der Waals surface area contributed by atoms with Crippen LogP contribution in [0.2, 0.25) is 0 Å². The number of amides is 2. The first kappa shape index (κ1) is 11.5. The number of hydrogen-bond donors (Lipinski definition) is 2. The van der Waals surface area contributed by atoms with Gasteiger partial charge in [0.2, 0.25) is 5.91 Å². The molecule has 1 aromatic heterocycles. The van der Waals surface area contributed by atoms with E-state index in [-0.39, 0.29) is 11.8 Å². The highest BCUT2D eigenvalue weighted by atomic mass is 16.5. The van der Waals surface area contributed by atoms with Gasteiger partial charge in [-0.25, -0.2) is 0 Å². The van der Waals surface area contributed by atoms with Crippen molar-refractivity contribution >= 4 is 23.3 Å². The lowest BCUT2D eigenvalue weighted by atomic mass is 10.1. The largest absolute Gasteiger partial charge is 0.360 e. The van der Waals surface area contributed by atoms with Gasteiger partial charge in [-0.1, -0.05) is 5.16 Å². The van der Waals surface area contributed by atoms with Crippen molar-refractivity contribution in [1.82, 2.24) is 5.16 Å². The number of anilines is 2. The van der Waals surface area contributed by atoms with Crippen LogP contribution in [0.15, 0.2) is 28.8 Å². The third kappa shape index (κ3) is 2.20. The highest BCUT2D eigenvalue weighted by Gasteiger charge is 2.19. The lowest BCUT2D eigenvalue weighted by Crippen LogP contribution is -2.12. The Morgan fingerprint density at radius 3 is 3.00 bits per heavy atom. The molecule has 2 heterocycles. The fourth-order valence-electron chi connectivity index (χ4n) is 1.98. The number of rotatable bonds is 2. The molecule has 0 fully saturated rings. The molecule has 3 rings (SSSR count). The summed E-state index contributed by atoms with van der Waals surface area (Å²) in [4.78, 5) is 23.2. The zero-order valence-electron chi connectivity index (χ0n) is 10.2. The maximum Gasteiger partial charge on any atom is 0.256 e. The second kappa shape index (κ2) is 4.24. The molecule has 19 heavy (non-hydrogen) atoms. The maximum atomic E-state index is 12.0. The fourth-order valence-corrected chi connectivity index (χ4v) is 1.98. The molecule has 2 aromatic rings. The summed E-state index contributed by atoms with van der Waals surface area (Å²) in [5, 5.41) is 9.04. The van der Waals surface area contributed by atoms with E-state index in [4.69, 9.17) is 4.52 Å². The molecular formula is C13H11N3O3. The zero-order chi connectivity index (χ0) is 13.4. The fraction of sp³-hybridized carbons (Fsp3) is 0.154. The molecule has 96 valence electrons. The van der Waals surface area contributed by atoms with Gasteiger partial charge < -0.3 is 15.2 Å². The van der Waals surface area contributed by atoms with Gasteiger partial charge in [0.25, 0.3) is 5.91 Å². The number of hydrogen-bond acceptors (Lipinski definition) is 4. The molecule has 1 aliphatic rings. The Labute approximate surface area is 108 Å². The molecular weight excluding hydrogens is 246 g/mol. The second-order valence-electron chi connectivity index (χ2n) is 4.37. The van der Waals surface area contributed by atoms with Crippen molar-refractivity contribution < 1.29 is 14.1 Å². The molecule has 0 radical (unpaired) electrons. The van der Waals surface area contributed by atoms with Crippen LogP contribution in [0, 0.1) is 6.92 Å². The Morgan fingerprint density at radius 1 is 1.42 bits per heavy atom. The molecule has 0 bridgehead atoms. The van der Waals surface area contributed by atoms with E-state index in [1.807, 2.05) is 0 Å². The Morgan fingerprint density at radius 2 is 2.26 bits per heavy atom. The quantitative estimate of drug-likeness (QED) is 0.858. The minimum atomic E-state index is -0.282. The van der Waals surface area contributed by atoms with E-state index in [0.717, 1.165) is 11.3 Å². The summed E-state index contributed by atoms with van der Waals surface area (Å²) in [6, 6.07) is 6.72. The molecule has 1 aromatic carbocycles. The molecule has 6 heteroatoms. The summed E-state index contributed by atoms with van der Waals surface area (Å²) < 4.78 is 4.87. The topological polar surface area (TPSA) is 84.2 Å². The Bertz CT molecular complexity index is 676. The monoisotopic (exact) mass is 257 g/mol. The van der Waals surface area contributed by atoms with Gasteiger partial charge in [0.1, 0.15) is 5.76 Å². The van der Waals surface area contributed by atoms with Gasteiger partial charge in [0, 0.05) is 17.3 Å². The van der Waals surface area contributed by atoms with Crippen molar-refractivity contribution in [2.24, 2.45) is 0 Å². The molecule has 1 aliphatic heterocycles. The van der Waals surface area contributed by atoms with Crippen molar-refractivity contribution in [3.63, 3.8) is 0 Å². The van der Waals surface area contributed by atoms with Crippen molar-refractivity contribution in [3.8, 4) is 0 Å². The van der Waals surface area contributed by atoms with Crippen LogP contribution >= 0.6 is 0 Å². The standard InChI is InChI=1S/C13H11N3O3/c1-7-4-11(16-19-7)15-13(18)8-2-3-10-9(5-8)6-12(17)14-10/h2-5H,6H2,1H3,(H,14,17)(H,15,16,18). The van der Waals surface area contributed by atoms with E-state index in [0.29, 0.717) is 23.6 Å². The molecule has 0 saturated heterocycles. The van der Waals surface area contributed by atoms with Gasteiger partial charge >= 0.3 is 0 Å². The van der Waals surface area contributed by atoms with E-state index >= 15 is 0 Å². The van der Waals surface area contributed by atoms with Crippen molar-refractivity contribution in [2.75, 3.05) is 10.6 Å². The van der Waals surface area contributed by atoms with E-state index < -0.39 is 0 Å². The third-order valence-electron chi connectivity index (χ3n) is 2.86. The van der Waals surface area contributed by atoms with Gasteiger partial charge in [-0.15, -0.1) is 0 Å². The van der Waals surface area contributed by atoms with Gasteiger partial charge in [-0.2, -0.15) is 0 Å². The second-order valence-corrected chi connectivity index (χ2v) is 4.37. The molecule has 0 atom stereocenters. The number of aryl methyl sites for hydroxylation is 1. The van der Waals surface area contributed by atoms with Crippen molar-refractivity contribution in [1.29, 1.82) is 0 Å². The van der Waals surface area contributed by atoms with E-state index in [2.05, 4.69) is 15.8 Å². The Kier molecular flexibility index (Phi) is 2.56. The highest BCUT2D eigenvalue weighted by molar-refractivity contribution is 6.06. The smallest absolute Gasteiger partial charge is 0.256 e. The van der Waals surface area contributed by atoms with Gasteiger partial charge in [-0.05, 0) is 30.7 Å². The van der Waals surface area contributed by atoms with E-state index in [1.165, 1.54) is 0 Å². The molecule has 0 unspecified atom stereocenters. The number of aromatic nitrogens is 1. The normalized spacial score (nSPS) is 13.0. The van der Waals surface area contributed by atoms with E-state index in [1.54, 1.807) is 31.2 Å². The summed E-state index contributed by atoms with van der Waals surface area (Å²) in [6.45, 7) is 1.75. The number of fused-ring (bicyclic) bond motifs is 1. The summed E-state index contributed by atoms with van der Waals surface area (Å²) in [5.74, 6) is 0.659. The lowest BCUT2D eigenvalue weighted by Gasteiger charge is -2.03. The summed E-state index contributed by atoms with van der Waals surface area (Å²) >= 11 is 0. The van der Waals surface area contributed by atoms with Crippen LogP contribution < -0.4 is 10.6 Å². The van der Waals surface area contributed by atoms with Crippen LogP contribution in [0.25, 0.3) is 0 Å². The zero-order valence-corrected chi connectivity index (χ0v) is 10.2. The van der Waals surface area contributed by atoms with Crippen LogP contribution in [-0.4, -0.2) is 17.0 Å². The van der Waals surface area contributed by atoms with Crippen LogP contribution in [0.4, 0.5) is 11.5 Å². The van der Waals surface area contributed by atoms with E-state index in [9.17, 15) is 9.59 Å².